The summed E-state index contributed by atoms with van der Waals surface area (Å²) >= 11 is 0. The standard InChI is InChI=1S/C14H20N2O2/c1-11-8-15-9-12(2)16(11)14(17)18-10-13-6-4-3-5-7-13/h3-7,11-12,15H,8-10H2,1-2H3/t11-,12-/m1/s1. The molecule has 0 spiro atoms. The van der Waals surface area contributed by atoms with E-state index in [9.17, 15) is 4.79 Å². The Hall–Kier alpha value is -1.55. The molecule has 18 heavy (non-hydrogen) atoms. The van der Waals surface area contributed by atoms with E-state index >= 15 is 0 Å². The molecule has 1 aliphatic rings. The van der Waals surface area contributed by atoms with Gasteiger partial charge in [0.15, 0.2) is 0 Å². The Labute approximate surface area is 108 Å². The van der Waals surface area contributed by atoms with Crippen LogP contribution in [0.3, 0.4) is 0 Å². The van der Waals surface area contributed by atoms with E-state index in [4.69, 9.17) is 4.74 Å². The van der Waals surface area contributed by atoms with Gasteiger partial charge in [0.2, 0.25) is 0 Å². The van der Waals surface area contributed by atoms with E-state index in [1.54, 1.807) is 0 Å². The lowest BCUT2D eigenvalue weighted by atomic mass is 10.1. The largest absolute Gasteiger partial charge is 0.445 e. The zero-order valence-electron chi connectivity index (χ0n) is 10.9. The fourth-order valence-electron chi connectivity index (χ4n) is 2.29. The van der Waals surface area contributed by atoms with Crippen LogP contribution in [0.4, 0.5) is 4.79 Å². The van der Waals surface area contributed by atoms with Crippen LogP contribution in [0.15, 0.2) is 30.3 Å². The Morgan fingerprint density at radius 3 is 2.50 bits per heavy atom. The molecule has 2 atom stereocenters. The van der Waals surface area contributed by atoms with Crippen LogP contribution in [0.25, 0.3) is 0 Å². The molecule has 1 saturated heterocycles. The van der Waals surface area contributed by atoms with Gasteiger partial charge in [-0.3, -0.25) is 0 Å². The van der Waals surface area contributed by atoms with E-state index in [1.165, 1.54) is 0 Å². The quantitative estimate of drug-likeness (QED) is 0.870. The maximum Gasteiger partial charge on any atom is 0.410 e. The van der Waals surface area contributed by atoms with Gasteiger partial charge in [-0.2, -0.15) is 0 Å². The van der Waals surface area contributed by atoms with Crippen molar-refractivity contribution in [1.82, 2.24) is 10.2 Å². The van der Waals surface area contributed by atoms with Crippen molar-refractivity contribution in [2.75, 3.05) is 13.1 Å². The molecule has 0 bridgehead atoms. The molecule has 1 aliphatic heterocycles. The average molecular weight is 248 g/mol. The first-order chi connectivity index (χ1) is 8.68. The van der Waals surface area contributed by atoms with Gasteiger partial charge in [0.05, 0.1) is 0 Å². The van der Waals surface area contributed by atoms with Crippen LogP contribution >= 0.6 is 0 Å². The fourth-order valence-corrected chi connectivity index (χ4v) is 2.29. The summed E-state index contributed by atoms with van der Waals surface area (Å²) in [6, 6.07) is 10.1. The highest BCUT2D eigenvalue weighted by Gasteiger charge is 2.29. The number of amides is 1. The lowest BCUT2D eigenvalue weighted by molar-refractivity contribution is 0.0564. The van der Waals surface area contributed by atoms with Crippen molar-refractivity contribution < 1.29 is 9.53 Å². The van der Waals surface area contributed by atoms with Crippen molar-refractivity contribution in [3.8, 4) is 0 Å². The van der Waals surface area contributed by atoms with E-state index in [0.29, 0.717) is 6.61 Å². The minimum atomic E-state index is -0.222. The summed E-state index contributed by atoms with van der Waals surface area (Å²) in [5.74, 6) is 0. The van der Waals surface area contributed by atoms with Gasteiger partial charge in [-0.15, -0.1) is 0 Å². The number of nitrogens with one attached hydrogen (secondary N) is 1. The van der Waals surface area contributed by atoms with Crippen molar-refractivity contribution >= 4 is 6.09 Å². The second kappa shape index (κ2) is 5.87. The second-order valence-corrected chi connectivity index (χ2v) is 4.80. The maximum absolute atomic E-state index is 12.1. The molecule has 0 unspecified atom stereocenters. The molecule has 1 N–H and O–H groups in total. The molecule has 1 fully saturated rings. The number of hydrogen-bond acceptors (Lipinski definition) is 3. The van der Waals surface area contributed by atoms with Gasteiger partial charge in [0.1, 0.15) is 6.61 Å². The van der Waals surface area contributed by atoms with Gasteiger partial charge >= 0.3 is 6.09 Å². The van der Waals surface area contributed by atoms with Crippen LogP contribution in [0.5, 0.6) is 0 Å². The normalized spacial score (nSPS) is 23.8. The Kier molecular flexibility index (Phi) is 4.20. The molecule has 1 aromatic carbocycles. The zero-order valence-corrected chi connectivity index (χ0v) is 10.9. The number of ether oxygens (including phenoxy) is 1. The van der Waals surface area contributed by atoms with E-state index in [0.717, 1.165) is 18.7 Å². The van der Waals surface area contributed by atoms with Gasteiger partial charge in [0, 0.05) is 25.2 Å². The number of carbonyl (C=O) groups is 1. The van der Waals surface area contributed by atoms with E-state index in [1.807, 2.05) is 49.1 Å². The minimum absolute atomic E-state index is 0.178. The third-order valence-corrected chi connectivity index (χ3v) is 3.25. The number of piperazine rings is 1. The van der Waals surface area contributed by atoms with Gasteiger partial charge in [-0.05, 0) is 19.4 Å². The van der Waals surface area contributed by atoms with Gasteiger partial charge in [-0.1, -0.05) is 30.3 Å². The molecule has 0 saturated carbocycles. The summed E-state index contributed by atoms with van der Waals surface area (Å²) in [7, 11) is 0. The molecular weight excluding hydrogens is 228 g/mol. The smallest absolute Gasteiger partial charge is 0.410 e. The minimum Gasteiger partial charge on any atom is -0.445 e. The highest BCUT2D eigenvalue weighted by molar-refractivity contribution is 5.68. The Balaban J connectivity index is 1.91. The monoisotopic (exact) mass is 248 g/mol. The third-order valence-electron chi connectivity index (χ3n) is 3.25. The fraction of sp³-hybridized carbons (Fsp3) is 0.500. The number of rotatable bonds is 2. The summed E-state index contributed by atoms with van der Waals surface area (Å²) in [6.45, 7) is 6.05. The molecule has 98 valence electrons. The molecule has 1 heterocycles. The molecule has 1 amide bonds. The van der Waals surface area contributed by atoms with Crippen LogP contribution in [-0.4, -0.2) is 36.2 Å². The summed E-state index contributed by atoms with van der Waals surface area (Å²) in [6.07, 6.45) is -0.222. The second-order valence-electron chi connectivity index (χ2n) is 4.80. The van der Waals surface area contributed by atoms with Crippen molar-refractivity contribution in [3.63, 3.8) is 0 Å². The highest BCUT2D eigenvalue weighted by atomic mass is 16.6. The van der Waals surface area contributed by atoms with Crippen LogP contribution < -0.4 is 5.32 Å². The molecule has 0 radical (unpaired) electrons. The molecule has 2 rings (SSSR count). The molecule has 4 heteroatoms. The van der Waals surface area contributed by atoms with Crippen molar-refractivity contribution in [1.29, 1.82) is 0 Å². The van der Waals surface area contributed by atoms with E-state index in [-0.39, 0.29) is 18.2 Å². The number of carbonyl (C=O) groups excluding carboxylic acids is 1. The first-order valence-electron chi connectivity index (χ1n) is 6.38. The SMILES string of the molecule is C[C@@H]1CNC[C@@H](C)N1C(=O)OCc1ccccc1. The van der Waals surface area contributed by atoms with Crippen LogP contribution in [-0.2, 0) is 11.3 Å². The van der Waals surface area contributed by atoms with Crippen LogP contribution in [0.2, 0.25) is 0 Å². The summed E-state index contributed by atoms with van der Waals surface area (Å²) < 4.78 is 5.37. The lowest BCUT2D eigenvalue weighted by Gasteiger charge is -2.38. The highest BCUT2D eigenvalue weighted by Crippen LogP contribution is 2.12. The number of benzene rings is 1. The Morgan fingerprint density at radius 2 is 1.89 bits per heavy atom. The number of hydrogen-bond donors (Lipinski definition) is 1. The van der Waals surface area contributed by atoms with E-state index in [2.05, 4.69) is 5.32 Å². The summed E-state index contributed by atoms with van der Waals surface area (Å²) in [5, 5.41) is 3.29. The van der Waals surface area contributed by atoms with Gasteiger partial charge in [0.25, 0.3) is 0 Å². The molecular formula is C14H20N2O2. The Bertz CT molecular complexity index is 384. The van der Waals surface area contributed by atoms with Gasteiger partial charge < -0.3 is 15.0 Å². The zero-order chi connectivity index (χ0) is 13.0. The average Bonchev–Trinajstić information content (AvgIpc) is 2.37. The van der Waals surface area contributed by atoms with Gasteiger partial charge in [-0.25, -0.2) is 4.79 Å². The number of nitrogens with zero attached hydrogens (tertiary/aromatic N) is 1. The van der Waals surface area contributed by atoms with Crippen LogP contribution in [0, 0.1) is 0 Å². The molecule has 0 aromatic heterocycles. The van der Waals surface area contributed by atoms with Crippen molar-refractivity contribution in [2.45, 2.75) is 32.5 Å². The molecule has 4 nitrogen and oxygen atoms in total. The summed E-state index contributed by atoms with van der Waals surface area (Å²) in [5.41, 5.74) is 1.02. The predicted octanol–water partition coefficient (Wildman–Crippen LogP) is 2.01. The van der Waals surface area contributed by atoms with Crippen LogP contribution in [0.1, 0.15) is 19.4 Å². The van der Waals surface area contributed by atoms with Crippen molar-refractivity contribution in [3.05, 3.63) is 35.9 Å². The summed E-state index contributed by atoms with van der Waals surface area (Å²) in [4.78, 5) is 13.9. The third kappa shape index (κ3) is 3.01. The first kappa shape index (κ1) is 12.9. The first-order valence-corrected chi connectivity index (χ1v) is 6.38. The van der Waals surface area contributed by atoms with Crippen molar-refractivity contribution in [2.24, 2.45) is 0 Å². The van der Waals surface area contributed by atoms with E-state index < -0.39 is 0 Å². The Morgan fingerprint density at radius 1 is 1.28 bits per heavy atom. The maximum atomic E-state index is 12.1. The molecule has 1 aromatic rings. The lowest BCUT2D eigenvalue weighted by Crippen LogP contribution is -2.57. The molecule has 0 aliphatic carbocycles. The predicted molar refractivity (Wildman–Crippen MR) is 70.3 cm³/mol. The topological polar surface area (TPSA) is 41.6 Å².